The van der Waals surface area contributed by atoms with Crippen LogP contribution < -0.4 is 10.3 Å². The molecule has 5 heteroatoms. The van der Waals surface area contributed by atoms with Crippen LogP contribution in [0.3, 0.4) is 0 Å². The van der Waals surface area contributed by atoms with Crippen LogP contribution in [0.15, 0.2) is 59.9 Å². The summed E-state index contributed by atoms with van der Waals surface area (Å²) < 4.78 is 7.12. The first-order chi connectivity index (χ1) is 9.84. The minimum Gasteiger partial charge on any atom is -0.492 e. The summed E-state index contributed by atoms with van der Waals surface area (Å²) in [7, 11) is 0. The van der Waals surface area contributed by atoms with Gasteiger partial charge in [-0.25, -0.2) is 4.98 Å². The van der Waals surface area contributed by atoms with E-state index in [-0.39, 0.29) is 5.56 Å². The van der Waals surface area contributed by atoms with Crippen LogP contribution in [0.2, 0.25) is 0 Å². The van der Waals surface area contributed by atoms with E-state index >= 15 is 0 Å². The maximum Gasteiger partial charge on any atom is 0.261 e. The van der Waals surface area contributed by atoms with E-state index in [1.807, 2.05) is 30.3 Å². The number of hydrogen-bond acceptors (Lipinski definition) is 4. The van der Waals surface area contributed by atoms with Gasteiger partial charge in [0.05, 0.1) is 30.0 Å². The molecule has 0 spiro atoms. The number of hydrogen-bond donors (Lipinski definition) is 0. The van der Waals surface area contributed by atoms with Crippen molar-refractivity contribution in [2.24, 2.45) is 0 Å². The SMILES string of the molecule is O=c1c2ccncc2ncn1CCOc1ccccc1. The van der Waals surface area contributed by atoms with Crippen molar-refractivity contribution in [2.45, 2.75) is 6.54 Å². The van der Waals surface area contributed by atoms with Crippen LogP contribution in [0, 0.1) is 0 Å². The molecule has 2 aromatic heterocycles. The predicted octanol–water partition coefficient (Wildman–Crippen LogP) is 1.87. The second-order valence-corrected chi connectivity index (χ2v) is 4.30. The highest BCUT2D eigenvalue weighted by atomic mass is 16.5. The Morgan fingerprint density at radius 3 is 2.85 bits per heavy atom. The summed E-state index contributed by atoms with van der Waals surface area (Å²) >= 11 is 0. The molecule has 0 N–H and O–H groups in total. The first-order valence-electron chi connectivity index (χ1n) is 6.31. The summed E-state index contributed by atoms with van der Waals surface area (Å²) in [4.78, 5) is 20.4. The summed E-state index contributed by atoms with van der Waals surface area (Å²) in [6.07, 6.45) is 4.71. The van der Waals surface area contributed by atoms with Crippen LogP contribution in [0.1, 0.15) is 0 Å². The van der Waals surface area contributed by atoms with Crippen molar-refractivity contribution < 1.29 is 4.74 Å². The van der Waals surface area contributed by atoms with Crippen molar-refractivity contribution in [3.63, 3.8) is 0 Å². The number of benzene rings is 1. The zero-order valence-electron chi connectivity index (χ0n) is 10.8. The molecule has 0 aliphatic carbocycles. The number of ether oxygens (including phenoxy) is 1. The largest absolute Gasteiger partial charge is 0.492 e. The van der Waals surface area contributed by atoms with Gasteiger partial charge in [0, 0.05) is 6.20 Å². The van der Waals surface area contributed by atoms with E-state index in [1.165, 1.54) is 6.33 Å². The molecule has 0 radical (unpaired) electrons. The Hall–Kier alpha value is -2.69. The van der Waals surface area contributed by atoms with Crippen LogP contribution in [0.4, 0.5) is 0 Å². The summed E-state index contributed by atoms with van der Waals surface area (Å²) in [6, 6.07) is 11.2. The van der Waals surface area contributed by atoms with Gasteiger partial charge in [0.15, 0.2) is 0 Å². The van der Waals surface area contributed by atoms with Crippen molar-refractivity contribution in [2.75, 3.05) is 6.61 Å². The Morgan fingerprint density at radius 1 is 1.15 bits per heavy atom. The molecule has 0 bridgehead atoms. The van der Waals surface area contributed by atoms with Crippen LogP contribution in [-0.4, -0.2) is 21.1 Å². The lowest BCUT2D eigenvalue weighted by molar-refractivity contribution is 0.296. The predicted molar refractivity (Wildman–Crippen MR) is 75.7 cm³/mol. The maximum atomic E-state index is 12.2. The van der Waals surface area contributed by atoms with Crippen LogP contribution in [0.25, 0.3) is 10.9 Å². The van der Waals surface area contributed by atoms with Crippen molar-refractivity contribution in [3.05, 3.63) is 65.5 Å². The second-order valence-electron chi connectivity index (χ2n) is 4.30. The standard InChI is InChI=1S/C15H13N3O2/c19-15-13-6-7-16-10-14(13)17-11-18(15)8-9-20-12-4-2-1-3-5-12/h1-7,10-11H,8-9H2. The lowest BCUT2D eigenvalue weighted by atomic mass is 10.3. The van der Waals surface area contributed by atoms with Gasteiger partial charge in [-0.3, -0.25) is 14.3 Å². The number of rotatable bonds is 4. The number of pyridine rings is 1. The zero-order valence-corrected chi connectivity index (χ0v) is 10.8. The molecular weight excluding hydrogens is 254 g/mol. The van der Waals surface area contributed by atoms with Gasteiger partial charge in [0.1, 0.15) is 12.4 Å². The van der Waals surface area contributed by atoms with E-state index < -0.39 is 0 Å². The smallest absolute Gasteiger partial charge is 0.261 e. The fourth-order valence-electron chi connectivity index (χ4n) is 1.95. The third-order valence-electron chi connectivity index (χ3n) is 2.97. The summed E-state index contributed by atoms with van der Waals surface area (Å²) in [5.41, 5.74) is 0.534. The Morgan fingerprint density at radius 2 is 2.00 bits per heavy atom. The van der Waals surface area contributed by atoms with E-state index in [0.717, 1.165) is 5.75 Å². The summed E-state index contributed by atoms with van der Waals surface area (Å²) in [5, 5.41) is 0.571. The third kappa shape index (κ3) is 2.51. The summed E-state index contributed by atoms with van der Waals surface area (Å²) in [6.45, 7) is 0.876. The molecule has 0 amide bonds. The minimum atomic E-state index is -0.0749. The number of aromatic nitrogens is 3. The van der Waals surface area contributed by atoms with Crippen LogP contribution in [-0.2, 0) is 6.54 Å². The number of para-hydroxylation sites is 1. The Kier molecular flexibility index (Phi) is 3.41. The topological polar surface area (TPSA) is 57.0 Å². The average Bonchev–Trinajstić information content (AvgIpc) is 2.51. The highest BCUT2D eigenvalue weighted by molar-refractivity contribution is 5.75. The Labute approximate surface area is 115 Å². The molecule has 0 fully saturated rings. The third-order valence-corrected chi connectivity index (χ3v) is 2.97. The van der Waals surface area contributed by atoms with Crippen molar-refractivity contribution in [3.8, 4) is 5.75 Å². The van der Waals surface area contributed by atoms with Crippen molar-refractivity contribution >= 4 is 10.9 Å². The molecule has 0 aliphatic rings. The first kappa shape index (κ1) is 12.3. The Bertz CT molecular complexity index is 769. The zero-order chi connectivity index (χ0) is 13.8. The first-order valence-corrected chi connectivity index (χ1v) is 6.31. The van der Waals surface area contributed by atoms with E-state index in [1.54, 1.807) is 23.0 Å². The molecule has 5 nitrogen and oxygen atoms in total. The minimum absolute atomic E-state index is 0.0749. The van der Waals surface area contributed by atoms with Gasteiger partial charge < -0.3 is 4.74 Å². The van der Waals surface area contributed by atoms with Gasteiger partial charge in [0.2, 0.25) is 0 Å². The molecule has 0 saturated heterocycles. The fraction of sp³-hybridized carbons (Fsp3) is 0.133. The van der Waals surface area contributed by atoms with Gasteiger partial charge in [-0.1, -0.05) is 18.2 Å². The van der Waals surface area contributed by atoms with E-state index in [0.29, 0.717) is 24.1 Å². The monoisotopic (exact) mass is 267 g/mol. The van der Waals surface area contributed by atoms with Gasteiger partial charge in [-0.15, -0.1) is 0 Å². The van der Waals surface area contributed by atoms with Gasteiger partial charge >= 0.3 is 0 Å². The highest BCUT2D eigenvalue weighted by Crippen LogP contribution is 2.08. The van der Waals surface area contributed by atoms with Gasteiger partial charge in [-0.2, -0.15) is 0 Å². The molecule has 1 aromatic carbocycles. The van der Waals surface area contributed by atoms with E-state index in [4.69, 9.17) is 4.74 Å². The average molecular weight is 267 g/mol. The molecule has 0 aliphatic heterocycles. The summed E-state index contributed by atoms with van der Waals surface area (Å²) in [5.74, 6) is 0.790. The number of fused-ring (bicyclic) bond motifs is 1. The molecule has 2 heterocycles. The molecule has 100 valence electrons. The highest BCUT2D eigenvalue weighted by Gasteiger charge is 2.03. The van der Waals surface area contributed by atoms with Crippen LogP contribution in [0.5, 0.6) is 5.75 Å². The number of nitrogens with zero attached hydrogens (tertiary/aromatic N) is 3. The molecule has 20 heavy (non-hydrogen) atoms. The molecule has 0 unspecified atom stereocenters. The molecule has 3 aromatic rings. The van der Waals surface area contributed by atoms with Gasteiger partial charge in [-0.05, 0) is 18.2 Å². The molecule has 3 rings (SSSR count). The lowest BCUT2D eigenvalue weighted by Gasteiger charge is -2.08. The van der Waals surface area contributed by atoms with E-state index in [2.05, 4.69) is 9.97 Å². The molecular formula is C15H13N3O2. The van der Waals surface area contributed by atoms with E-state index in [9.17, 15) is 4.79 Å². The van der Waals surface area contributed by atoms with Crippen molar-refractivity contribution in [1.29, 1.82) is 0 Å². The molecule has 0 saturated carbocycles. The molecule has 0 atom stereocenters. The normalized spacial score (nSPS) is 10.6. The lowest BCUT2D eigenvalue weighted by Crippen LogP contribution is -2.23. The maximum absolute atomic E-state index is 12.2. The fourth-order valence-corrected chi connectivity index (χ4v) is 1.95. The van der Waals surface area contributed by atoms with Gasteiger partial charge in [0.25, 0.3) is 5.56 Å². The van der Waals surface area contributed by atoms with Crippen LogP contribution >= 0.6 is 0 Å². The Balaban J connectivity index is 1.75. The second kappa shape index (κ2) is 5.52. The quantitative estimate of drug-likeness (QED) is 0.724. The van der Waals surface area contributed by atoms with Crippen molar-refractivity contribution in [1.82, 2.24) is 14.5 Å².